The van der Waals surface area contributed by atoms with Gasteiger partial charge in [-0.05, 0) is 80.1 Å². The van der Waals surface area contributed by atoms with Gasteiger partial charge in [0.2, 0.25) is 0 Å². The Labute approximate surface area is 277 Å². The minimum absolute atomic E-state index is 0.00509. The van der Waals surface area contributed by atoms with Gasteiger partial charge in [-0.15, -0.1) is 18.3 Å². The highest BCUT2D eigenvalue weighted by atomic mass is 32.2. The van der Waals surface area contributed by atoms with Crippen molar-refractivity contribution in [3.63, 3.8) is 0 Å². The SMILES string of the molecule is Cc1ccc(C(C)C)c(N2C(=NC(=O)NC(C)C(C)c3ccc(-c4ncn(-c5ccc(OC(F)(F)F)cc5)n4)cc3)SCCC2C)c1. The largest absolute Gasteiger partial charge is 0.573 e. The molecule has 1 saturated heterocycles. The summed E-state index contributed by atoms with van der Waals surface area (Å²) in [5.74, 6) is 1.39. The van der Waals surface area contributed by atoms with Crippen molar-refractivity contribution in [3.8, 4) is 22.8 Å². The van der Waals surface area contributed by atoms with Gasteiger partial charge in [-0.1, -0.05) is 68.9 Å². The maximum Gasteiger partial charge on any atom is 0.573 e. The van der Waals surface area contributed by atoms with Gasteiger partial charge in [0, 0.05) is 35.0 Å². The molecule has 0 bridgehead atoms. The van der Waals surface area contributed by atoms with E-state index < -0.39 is 6.36 Å². The number of rotatable bonds is 8. The van der Waals surface area contributed by atoms with Crippen molar-refractivity contribution in [2.45, 2.75) is 78.2 Å². The van der Waals surface area contributed by atoms with Crippen molar-refractivity contribution in [2.24, 2.45) is 4.99 Å². The Morgan fingerprint density at radius 1 is 1.04 bits per heavy atom. The number of urea groups is 1. The number of amides is 2. The third-order valence-electron chi connectivity index (χ3n) is 8.30. The number of amidine groups is 1. The van der Waals surface area contributed by atoms with Crippen molar-refractivity contribution in [1.29, 1.82) is 0 Å². The zero-order chi connectivity index (χ0) is 33.9. The molecule has 0 saturated carbocycles. The molecule has 1 aromatic heterocycles. The van der Waals surface area contributed by atoms with Crippen molar-refractivity contribution in [3.05, 3.63) is 89.7 Å². The number of halogens is 3. The van der Waals surface area contributed by atoms with Crippen LogP contribution in [-0.2, 0) is 0 Å². The Morgan fingerprint density at radius 3 is 2.40 bits per heavy atom. The summed E-state index contributed by atoms with van der Waals surface area (Å²) in [7, 11) is 0. The van der Waals surface area contributed by atoms with Crippen molar-refractivity contribution >= 4 is 28.6 Å². The lowest BCUT2D eigenvalue weighted by Crippen LogP contribution is -2.43. The molecule has 0 aliphatic carbocycles. The lowest BCUT2D eigenvalue weighted by atomic mass is 9.93. The summed E-state index contributed by atoms with van der Waals surface area (Å²) in [5.41, 5.74) is 5.86. The number of carbonyl (C=O) groups is 1. The van der Waals surface area contributed by atoms with E-state index in [9.17, 15) is 18.0 Å². The zero-order valence-electron chi connectivity index (χ0n) is 27.2. The predicted molar refractivity (Wildman–Crippen MR) is 182 cm³/mol. The molecule has 0 spiro atoms. The Bertz CT molecular complexity index is 1720. The lowest BCUT2D eigenvalue weighted by molar-refractivity contribution is -0.274. The van der Waals surface area contributed by atoms with E-state index in [1.54, 1.807) is 11.8 Å². The number of anilines is 1. The Morgan fingerprint density at radius 2 is 1.74 bits per heavy atom. The average molecular weight is 665 g/mol. The number of nitrogens with one attached hydrogen (secondary N) is 1. The van der Waals surface area contributed by atoms with Crippen LogP contribution < -0.4 is 15.0 Å². The summed E-state index contributed by atoms with van der Waals surface area (Å²) in [6.45, 7) is 12.7. The number of thioether (sulfide) groups is 1. The van der Waals surface area contributed by atoms with Gasteiger partial charge in [-0.3, -0.25) is 0 Å². The van der Waals surface area contributed by atoms with Crippen molar-refractivity contribution < 1.29 is 22.7 Å². The van der Waals surface area contributed by atoms with Gasteiger partial charge in [0.05, 0.1) is 5.69 Å². The van der Waals surface area contributed by atoms with Crippen LogP contribution in [-0.4, -0.2) is 50.2 Å². The third kappa shape index (κ3) is 8.34. The quantitative estimate of drug-likeness (QED) is 0.203. The minimum Gasteiger partial charge on any atom is -0.406 e. The summed E-state index contributed by atoms with van der Waals surface area (Å²) in [6, 6.07) is 19.3. The molecule has 3 atom stereocenters. The van der Waals surface area contributed by atoms with E-state index in [1.165, 1.54) is 46.4 Å². The first-order chi connectivity index (χ1) is 22.3. The molecular formula is C35H39F3N6O2S. The zero-order valence-corrected chi connectivity index (χ0v) is 28.1. The number of aromatic nitrogens is 3. The second kappa shape index (κ2) is 14.2. The van der Waals surface area contributed by atoms with Gasteiger partial charge >= 0.3 is 12.4 Å². The number of benzene rings is 3. The van der Waals surface area contributed by atoms with E-state index in [2.05, 4.69) is 82.8 Å². The molecule has 2 amide bonds. The molecule has 1 fully saturated rings. The Kier molecular flexibility index (Phi) is 10.3. The van der Waals surface area contributed by atoms with Crippen LogP contribution in [0.2, 0.25) is 0 Å². The topological polar surface area (TPSA) is 84.6 Å². The molecule has 248 valence electrons. The third-order valence-corrected chi connectivity index (χ3v) is 9.29. The predicted octanol–water partition coefficient (Wildman–Crippen LogP) is 8.85. The maximum absolute atomic E-state index is 13.3. The Hall–Kier alpha value is -4.32. The lowest BCUT2D eigenvalue weighted by Gasteiger charge is -2.37. The van der Waals surface area contributed by atoms with E-state index in [-0.39, 0.29) is 29.8 Å². The molecule has 0 radical (unpaired) electrons. The number of carbonyl (C=O) groups excluding carboxylic acids is 1. The molecule has 2 heterocycles. The van der Waals surface area contributed by atoms with Gasteiger partial charge in [0.15, 0.2) is 11.0 Å². The fourth-order valence-electron chi connectivity index (χ4n) is 5.47. The van der Waals surface area contributed by atoms with Gasteiger partial charge in [0.25, 0.3) is 0 Å². The molecule has 3 unspecified atom stereocenters. The van der Waals surface area contributed by atoms with Crippen LogP contribution >= 0.6 is 11.8 Å². The second-order valence-electron chi connectivity index (χ2n) is 12.2. The van der Waals surface area contributed by atoms with E-state index in [0.717, 1.165) is 34.2 Å². The normalized spacial score (nSPS) is 17.5. The first-order valence-electron chi connectivity index (χ1n) is 15.6. The average Bonchev–Trinajstić information content (AvgIpc) is 3.51. The molecule has 47 heavy (non-hydrogen) atoms. The van der Waals surface area contributed by atoms with Crippen LogP contribution in [0.1, 0.15) is 69.6 Å². The molecular weight excluding hydrogens is 625 g/mol. The van der Waals surface area contributed by atoms with Crippen LogP contribution in [0.5, 0.6) is 5.75 Å². The summed E-state index contributed by atoms with van der Waals surface area (Å²) in [5, 5.41) is 8.27. The van der Waals surface area contributed by atoms with E-state index in [4.69, 9.17) is 0 Å². The molecule has 8 nitrogen and oxygen atoms in total. The summed E-state index contributed by atoms with van der Waals surface area (Å²) in [4.78, 5) is 24.4. The fourth-order valence-corrected chi connectivity index (χ4v) is 6.68. The van der Waals surface area contributed by atoms with Crippen LogP contribution in [0, 0.1) is 6.92 Å². The minimum atomic E-state index is -4.75. The fraction of sp³-hybridized carbons (Fsp3) is 0.371. The van der Waals surface area contributed by atoms with Gasteiger partial charge in [-0.2, -0.15) is 4.99 Å². The molecule has 3 aromatic carbocycles. The van der Waals surface area contributed by atoms with Crippen molar-refractivity contribution in [2.75, 3.05) is 10.7 Å². The molecule has 1 N–H and O–H groups in total. The molecule has 12 heteroatoms. The molecule has 4 aromatic rings. The van der Waals surface area contributed by atoms with E-state index in [1.807, 2.05) is 31.2 Å². The van der Waals surface area contributed by atoms with Crippen LogP contribution in [0.3, 0.4) is 0 Å². The Balaban J connectivity index is 1.25. The highest BCUT2D eigenvalue weighted by Gasteiger charge is 2.31. The maximum atomic E-state index is 13.3. The number of ether oxygens (including phenoxy) is 1. The summed E-state index contributed by atoms with van der Waals surface area (Å²) in [6.07, 6.45) is -2.25. The highest BCUT2D eigenvalue weighted by Crippen LogP contribution is 2.35. The molecule has 5 rings (SSSR count). The van der Waals surface area contributed by atoms with Gasteiger partial charge in [0.1, 0.15) is 12.1 Å². The summed E-state index contributed by atoms with van der Waals surface area (Å²) < 4.78 is 42.8. The van der Waals surface area contributed by atoms with E-state index in [0.29, 0.717) is 17.4 Å². The highest BCUT2D eigenvalue weighted by molar-refractivity contribution is 8.14. The first-order valence-corrected chi connectivity index (χ1v) is 16.6. The number of nitrogens with zero attached hydrogens (tertiary/aromatic N) is 5. The number of hydrogen-bond donors (Lipinski definition) is 1. The van der Waals surface area contributed by atoms with Crippen molar-refractivity contribution in [1.82, 2.24) is 20.1 Å². The smallest absolute Gasteiger partial charge is 0.406 e. The number of aliphatic imine (C=N–C) groups is 1. The number of aryl methyl sites for hydroxylation is 1. The standard InChI is InChI=1S/C35H39F3N6O2S/c1-21(2)30-16-7-22(3)19-31(30)44-23(4)17-18-47-34(44)41-33(45)40-25(6)24(5)26-8-10-27(11-9-26)32-39-20-43(42-32)28-12-14-29(15-13-28)46-35(36,37)38/h7-16,19-21,23-25H,17-18H2,1-6H3,(H,40,45). The molecule has 1 aliphatic rings. The monoisotopic (exact) mass is 664 g/mol. The second-order valence-corrected chi connectivity index (χ2v) is 13.2. The van der Waals surface area contributed by atoms with E-state index >= 15 is 0 Å². The summed E-state index contributed by atoms with van der Waals surface area (Å²) >= 11 is 1.61. The number of alkyl halides is 3. The van der Waals surface area contributed by atoms with Crippen LogP contribution in [0.15, 0.2) is 78.0 Å². The van der Waals surface area contributed by atoms with Gasteiger partial charge < -0.3 is 15.0 Å². The van der Waals surface area contributed by atoms with Gasteiger partial charge in [-0.25, -0.2) is 14.5 Å². The molecule has 1 aliphatic heterocycles. The first kappa shape index (κ1) is 34.0. The number of hydrogen-bond acceptors (Lipinski definition) is 5. The van der Waals surface area contributed by atoms with Crippen LogP contribution in [0.25, 0.3) is 17.1 Å². The van der Waals surface area contributed by atoms with Crippen LogP contribution in [0.4, 0.5) is 23.7 Å².